The lowest BCUT2D eigenvalue weighted by Crippen LogP contribution is -2.20. The van der Waals surface area contributed by atoms with Crippen molar-refractivity contribution in [3.05, 3.63) is 56.2 Å². The average molecular weight is 357 g/mol. The van der Waals surface area contributed by atoms with E-state index < -0.39 is 0 Å². The van der Waals surface area contributed by atoms with E-state index in [9.17, 15) is 14.0 Å². The van der Waals surface area contributed by atoms with Gasteiger partial charge in [0.1, 0.15) is 16.5 Å². The molecule has 1 aliphatic rings. The number of carbonyl (C=O) groups excluding carboxylic acids is 1. The lowest BCUT2D eigenvalue weighted by Gasteiger charge is -2.07. The second-order valence-electron chi connectivity index (χ2n) is 6.24. The average Bonchev–Trinajstić information content (AvgIpc) is 3.15. The first-order valence-electron chi connectivity index (χ1n) is 8.06. The van der Waals surface area contributed by atoms with Crippen molar-refractivity contribution >= 4 is 33.1 Å². The Balaban J connectivity index is 1.77. The summed E-state index contributed by atoms with van der Waals surface area (Å²) in [5, 5.41) is 3.33. The number of carbonyl (C=O) groups is 1. The predicted molar refractivity (Wildman–Crippen MR) is 96.0 cm³/mol. The van der Waals surface area contributed by atoms with Crippen LogP contribution in [-0.4, -0.2) is 15.5 Å². The van der Waals surface area contributed by atoms with Crippen LogP contribution in [0.15, 0.2) is 23.0 Å². The summed E-state index contributed by atoms with van der Waals surface area (Å²) in [6.45, 7) is 4.19. The molecule has 0 saturated carbocycles. The Kier molecular flexibility index (Phi) is 3.68. The van der Waals surface area contributed by atoms with E-state index in [-0.39, 0.29) is 17.3 Å². The first-order valence-corrected chi connectivity index (χ1v) is 8.87. The van der Waals surface area contributed by atoms with Crippen LogP contribution < -0.4 is 10.9 Å². The Morgan fingerprint density at radius 2 is 2.16 bits per heavy atom. The van der Waals surface area contributed by atoms with Gasteiger partial charge in [-0.15, -0.1) is 11.3 Å². The molecule has 0 fully saturated rings. The lowest BCUT2D eigenvalue weighted by molar-refractivity contribution is 0.103. The van der Waals surface area contributed by atoms with Gasteiger partial charge >= 0.3 is 0 Å². The molecule has 1 aromatic carbocycles. The summed E-state index contributed by atoms with van der Waals surface area (Å²) in [7, 11) is 0. The topological polar surface area (TPSA) is 64.0 Å². The molecular weight excluding hydrogens is 341 g/mol. The maximum Gasteiger partial charge on any atom is 0.266 e. The van der Waals surface area contributed by atoms with E-state index in [1.807, 2.05) is 0 Å². The van der Waals surface area contributed by atoms with Crippen molar-refractivity contribution in [1.82, 2.24) is 9.55 Å². The number of aromatic nitrogens is 2. The number of hydrogen-bond donors (Lipinski definition) is 1. The number of nitrogens with zero attached hydrogens (tertiary/aromatic N) is 2. The minimum Gasteiger partial charge on any atom is -0.321 e. The molecule has 3 heterocycles. The van der Waals surface area contributed by atoms with Gasteiger partial charge < -0.3 is 5.32 Å². The SMILES string of the molecule is Cc1cc(F)ccc1NC(=O)c1sc2nc3n(c(=O)c2c1C)CCC3. The van der Waals surface area contributed by atoms with Gasteiger partial charge in [-0.2, -0.15) is 0 Å². The predicted octanol–water partition coefficient (Wildman–Crippen LogP) is 3.41. The summed E-state index contributed by atoms with van der Waals surface area (Å²) < 4.78 is 14.9. The molecule has 128 valence electrons. The highest BCUT2D eigenvalue weighted by atomic mass is 32.1. The van der Waals surface area contributed by atoms with E-state index >= 15 is 0 Å². The summed E-state index contributed by atoms with van der Waals surface area (Å²) in [5.41, 5.74) is 1.78. The monoisotopic (exact) mass is 357 g/mol. The standard InChI is InChI=1S/C18H16FN3O2S/c1-9-8-11(19)5-6-12(9)20-16(23)15-10(2)14-17(25-15)21-13-4-3-7-22(13)18(14)24/h5-6,8H,3-4,7H2,1-2H3,(H,20,23). The molecule has 4 rings (SSSR count). The van der Waals surface area contributed by atoms with E-state index in [1.165, 1.54) is 29.5 Å². The van der Waals surface area contributed by atoms with Crippen LogP contribution in [-0.2, 0) is 13.0 Å². The van der Waals surface area contributed by atoms with E-state index in [1.54, 1.807) is 18.4 Å². The number of rotatable bonds is 2. The Labute approximate surface area is 147 Å². The fraction of sp³-hybridized carbons (Fsp3) is 0.278. The number of benzene rings is 1. The van der Waals surface area contributed by atoms with Crippen LogP contribution >= 0.6 is 11.3 Å². The molecule has 0 radical (unpaired) electrons. The van der Waals surface area contributed by atoms with E-state index in [0.717, 1.165) is 18.7 Å². The third-order valence-corrected chi connectivity index (χ3v) is 5.74. The lowest BCUT2D eigenvalue weighted by atomic mass is 10.1. The highest BCUT2D eigenvalue weighted by molar-refractivity contribution is 7.20. The molecule has 5 nitrogen and oxygen atoms in total. The second-order valence-corrected chi connectivity index (χ2v) is 7.24. The highest BCUT2D eigenvalue weighted by Crippen LogP contribution is 2.29. The molecule has 1 aliphatic heterocycles. The number of halogens is 1. The van der Waals surface area contributed by atoms with Gasteiger partial charge in [-0.1, -0.05) is 0 Å². The molecule has 1 N–H and O–H groups in total. The van der Waals surface area contributed by atoms with Gasteiger partial charge in [0.2, 0.25) is 0 Å². The summed E-state index contributed by atoms with van der Waals surface area (Å²) in [6.07, 6.45) is 1.72. The molecule has 0 unspecified atom stereocenters. The first-order chi connectivity index (χ1) is 12.0. The summed E-state index contributed by atoms with van der Waals surface area (Å²) >= 11 is 1.23. The summed E-state index contributed by atoms with van der Waals surface area (Å²) in [4.78, 5) is 31.0. The van der Waals surface area contributed by atoms with Gasteiger partial charge in [0, 0.05) is 18.7 Å². The quantitative estimate of drug-likeness (QED) is 0.764. The van der Waals surface area contributed by atoms with Crippen molar-refractivity contribution in [2.75, 3.05) is 5.32 Å². The number of nitrogens with one attached hydrogen (secondary N) is 1. The zero-order valence-corrected chi connectivity index (χ0v) is 14.7. The second kappa shape index (κ2) is 5.77. The molecule has 2 aromatic heterocycles. The minimum absolute atomic E-state index is 0.0664. The van der Waals surface area contributed by atoms with Gasteiger partial charge in [-0.3, -0.25) is 14.2 Å². The van der Waals surface area contributed by atoms with Crippen molar-refractivity contribution in [3.8, 4) is 0 Å². The molecule has 0 aliphatic carbocycles. The Hall–Kier alpha value is -2.54. The number of hydrogen-bond acceptors (Lipinski definition) is 4. The van der Waals surface area contributed by atoms with Crippen LogP contribution in [0.25, 0.3) is 10.2 Å². The van der Waals surface area contributed by atoms with Crippen molar-refractivity contribution in [2.45, 2.75) is 33.2 Å². The van der Waals surface area contributed by atoms with Crippen molar-refractivity contribution in [2.24, 2.45) is 0 Å². The number of aryl methyl sites for hydroxylation is 3. The number of thiophene rings is 1. The number of amides is 1. The third-order valence-electron chi connectivity index (χ3n) is 4.55. The van der Waals surface area contributed by atoms with Crippen molar-refractivity contribution in [3.63, 3.8) is 0 Å². The minimum atomic E-state index is -0.347. The number of anilines is 1. The first kappa shape index (κ1) is 16.0. The van der Waals surface area contributed by atoms with Gasteiger partial charge in [0.25, 0.3) is 11.5 Å². The molecule has 7 heteroatoms. The number of fused-ring (bicyclic) bond motifs is 2. The fourth-order valence-corrected chi connectivity index (χ4v) is 4.32. The van der Waals surface area contributed by atoms with Crippen LogP contribution in [0.3, 0.4) is 0 Å². The smallest absolute Gasteiger partial charge is 0.266 e. The van der Waals surface area contributed by atoms with Gasteiger partial charge in [0.15, 0.2) is 0 Å². The molecule has 25 heavy (non-hydrogen) atoms. The Morgan fingerprint density at radius 3 is 2.92 bits per heavy atom. The molecule has 1 amide bonds. The van der Waals surface area contributed by atoms with Crippen LogP contribution in [0.4, 0.5) is 10.1 Å². The van der Waals surface area contributed by atoms with E-state index in [4.69, 9.17) is 0 Å². The molecule has 0 saturated heterocycles. The maximum absolute atomic E-state index is 13.2. The Bertz CT molecular complexity index is 1080. The highest BCUT2D eigenvalue weighted by Gasteiger charge is 2.23. The van der Waals surface area contributed by atoms with Gasteiger partial charge in [0.05, 0.1) is 10.3 Å². The third kappa shape index (κ3) is 2.55. The van der Waals surface area contributed by atoms with Crippen LogP contribution in [0.2, 0.25) is 0 Å². The summed E-state index contributed by atoms with van der Waals surface area (Å²) in [5.74, 6) is 0.139. The van der Waals surface area contributed by atoms with Crippen LogP contribution in [0.1, 0.15) is 33.0 Å². The normalized spacial score (nSPS) is 13.2. The zero-order chi connectivity index (χ0) is 17.7. The van der Waals surface area contributed by atoms with E-state index in [0.29, 0.717) is 38.5 Å². The van der Waals surface area contributed by atoms with Crippen LogP contribution in [0, 0.1) is 19.7 Å². The zero-order valence-electron chi connectivity index (χ0n) is 13.9. The molecule has 0 bridgehead atoms. The molecule has 0 atom stereocenters. The van der Waals surface area contributed by atoms with Crippen LogP contribution in [0.5, 0.6) is 0 Å². The molecular formula is C18H16FN3O2S. The summed E-state index contributed by atoms with van der Waals surface area (Å²) in [6, 6.07) is 4.21. The molecule has 3 aromatic rings. The van der Waals surface area contributed by atoms with Crippen molar-refractivity contribution < 1.29 is 9.18 Å². The van der Waals surface area contributed by atoms with E-state index in [2.05, 4.69) is 10.3 Å². The Morgan fingerprint density at radius 1 is 1.36 bits per heavy atom. The molecule has 0 spiro atoms. The van der Waals surface area contributed by atoms with Gasteiger partial charge in [-0.25, -0.2) is 9.37 Å². The maximum atomic E-state index is 13.2. The fourth-order valence-electron chi connectivity index (χ4n) is 3.24. The largest absolute Gasteiger partial charge is 0.321 e. The van der Waals surface area contributed by atoms with Crippen molar-refractivity contribution in [1.29, 1.82) is 0 Å². The van der Waals surface area contributed by atoms with Gasteiger partial charge in [-0.05, 0) is 49.6 Å².